The summed E-state index contributed by atoms with van der Waals surface area (Å²) in [4.78, 5) is 97.4. The average Bonchev–Trinajstić information content (AvgIpc) is 3.23. The number of rotatable bonds is 18. The highest BCUT2D eigenvalue weighted by molar-refractivity contribution is 6.57. The molecule has 0 aromatic heterocycles. The topological polar surface area (TPSA) is 217 Å². The molecule has 16 heteroatoms. The van der Waals surface area contributed by atoms with E-state index in [0.717, 1.165) is 64.8 Å². The van der Waals surface area contributed by atoms with Crippen molar-refractivity contribution < 1.29 is 43.5 Å². The third-order valence-electron chi connectivity index (χ3n) is 10.4. The average molecular weight is 828 g/mol. The number of hydrogen-bond acceptors (Lipinski definition) is 8. The molecule has 1 fully saturated rings. The molecule has 4 radical (unpaired) electrons. The van der Waals surface area contributed by atoms with Gasteiger partial charge in [-0.1, -0.05) is 118 Å². The van der Waals surface area contributed by atoms with E-state index in [1.807, 2.05) is 84.9 Å². The van der Waals surface area contributed by atoms with Crippen molar-refractivity contribution >= 4 is 84.1 Å². The second-order valence-corrected chi connectivity index (χ2v) is 15.2. The van der Waals surface area contributed by atoms with Gasteiger partial charge in [-0.05, 0) is 64.8 Å². The van der Waals surface area contributed by atoms with Gasteiger partial charge >= 0.3 is 5.97 Å². The summed E-state index contributed by atoms with van der Waals surface area (Å²) in [5.41, 5.74) is 1.60. The monoisotopic (exact) mass is 827 g/mol. The summed E-state index contributed by atoms with van der Waals surface area (Å²) in [7, 11) is 10.4. The number of Topliss-reactive ketones (excluding diaryl/α,β-unsaturated/α-hetero) is 2. The van der Waals surface area contributed by atoms with Crippen LogP contribution in [0.4, 0.5) is 9.59 Å². The van der Waals surface area contributed by atoms with Gasteiger partial charge in [-0.3, -0.25) is 33.6 Å². The van der Waals surface area contributed by atoms with E-state index < -0.39 is 65.3 Å². The van der Waals surface area contributed by atoms with E-state index in [0.29, 0.717) is 6.42 Å². The van der Waals surface area contributed by atoms with Crippen molar-refractivity contribution in [1.29, 1.82) is 0 Å². The van der Waals surface area contributed by atoms with Crippen LogP contribution in [0.3, 0.4) is 0 Å². The maximum Gasteiger partial charge on any atom is 0.326 e. The first kappa shape index (κ1) is 47.4. The quantitative estimate of drug-likeness (QED) is 0.0631. The van der Waals surface area contributed by atoms with E-state index in [1.54, 1.807) is 6.92 Å². The number of ketones is 2. The molecule has 1 aliphatic rings. The van der Waals surface area contributed by atoms with E-state index >= 15 is 0 Å². The minimum absolute atomic E-state index is 0.0972. The highest BCUT2D eigenvalue weighted by atomic mass is 16.4. The van der Waals surface area contributed by atoms with Crippen molar-refractivity contribution in [3.05, 3.63) is 96.1 Å². The molecule has 1 saturated carbocycles. The zero-order chi connectivity index (χ0) is 44.5. The number of hydrogen-bond donors (Lipinski definition) is 6. The Labute approximate surface area is 357 Å². The number of nitrogens with one attached hydrogen (secondary N) is 5. The van der Waals surface area contributed by atoms with E-state index in [1.165, 1.54) is 6.92 Å². The number of amides is 5. The Hall–Kier alpha value is -6.31. The van der Waals surface area contributed by atoms with Gasteiger partial charge in [-0.25, -0.2) is 4.79 Å². The zero-order valence-electron chi connectivity index (χ0n) is 34.4. The summed E-state index contributed by atoms with van der Waals surface area (Å²) in [6, 6.07) is 22.7. The molecule has 0 bridgehead atoms. The van der Waals surface area contributed by atoms with Gasteiger partial charge in [-0.15, -0.1) is 0 Å². The predicted molar refractivity (Wildman–Crippen MR) is 233 cm³/mol. The van der Waals surface area contributed by atoms with Crippen LogP contribution in [0.25, 0.3) is 21.5 Å². The van der Waals surface area contributed by atoms with Gasteiger partial charge in [0.05, 0.1) is 12.6 Å². The number of carbonyl (C=O) groups excluding carboxylic acids is 7. The molecule has 4 aromatic carbocycles. The Balaban J connectivity index is 0.000000357. The lowest BCUT2D eigenvalue weighted by Gasteiger charge is -2.31. The van der Waals surface area contributed by atoms with Crippen LogP contribution in [0.15, 0.2) is 84.9 Å². The molecule has 0 spiro atoms. The van der Waals surface area contributed by atoms with Gasteiger partial charge in [0.1, 0.15) is 23.9 Å². The maximum absolute atomic E-state index is 13.7. The smallest absolute Gasteiger partial charge is 0.326 e. The summed E-state index contributed by atoms with van der Waals surface area (Å²) in [5, 5.41) is 25.6. The highest BCUT2D eigenvalue weighted by Gasteiger charge is 2.34. The van der Waals surface area contributed by atoms with Gasteiger partial charge in [0.15, 0.2) is 11.6 Å². The molecule has 4 aromatic rings. The number of benzene rings is 4. The fraction of sp³-hybridized carbons (Fsp3) is 0.378. The van der Waals surface area contributed by atoms with E-state index in [2.05, 4.69) is 26.6 Å². The number of carbonyl (C=O) groups is 8. The highest BCUT2D eigenvalue weighted by Crippen LogP contribution is 2.27. The van der Waals surface area contributed by atoms with E-state index in [4.69, 9.17) is 20.8 Å². The molecule has 61 heavy (non-hydrogen) atoms. The number of carboxylic acid groups (broad SMARTS) is 1. The summed E-state index contributed by atoms with van der Waals surface area (Å²) >= 11 is 0. The van der Waals surface area contributed by atoms with Gasteiger partial charge in [0.2, 0.25) is 33.3 Å². The first-order valence-electron chi connectivity index (χ1n) is 20.4. The molecule has 1 aliphatic carbocycles. The molecule has 2 unspecified atom stereocenters. The summed E-state index contributed by atoms with van der Waals surface area (Å²) in [6.45, 7) is 2.79. The van der Waals surface area contributed by atoms with Crippen molar-refractivity contribution in [1.82, 2.24) is 26.6 Å². The van der Waals surface area contributed by atoms with E-state index in [9.17, 15) is 38.4 Å². The van der Waals surface area contributed by atoms with Crippen LogP contribution in [0.5, 0.6) is 0 Å². The van der Waals surface area contributed by atoms with Crippen LogP contribution in [0.2, 0.25) is 0 Å². The third kappa shape index (κ3) is 15.0. The molecule has 0 saturated heterocycles. The van der Waals surface area contributed by atoms with Crippen LogP contribution in [-0.4, -0.2) is 98.4 Å². The lowest BCUT2D eigenvalue weighted by Crippen LogP contribution is -2.58. The van der Waals surface area contributed by atoms with Gasteiger partial charge in [0.25, 0.3) is 5.91 Å². The van der Waals surface area contributed by atoms with Crippen LogP contribution < -0.4 is 26.6 Å². The van der Waals surface area contributed by atoms with E-state index in [-0.39, 0.29) is 37.5 Å². The minimum Gasteiger partial charge on any atom is -0.480 e. The molecular weight excluding hydrogens is 776 g/mol. The Morgan fingerprint density at radius 2 is 1.15 bits per heavy atom. The predicted octanol–water partition coefficient (Wildman–Crippen LogP) is 3.97. The summed E-state index contributed by atoms with van der Waals surface area (Å²) < 4.78 is 0. The minimum atomic E-state index is -1.15. The summed E-state index contributed by atoms with van der Waals surface area (Å²) in [6.07, 6.45) is 5.33. The first-order chi connectivity index (χ1) is 29.1. The Morgan fingerprint density at radius 1 is 0.639 bits per heavy atom. The second-order valence-electron chi connectivity index (χ2n) is 15.2. The first-order valence-corrected chi connectivity index (χ1v) is 20.4. The van der Waals surface area contributed by atoms with Crippen LogP contribution in [0.1, 0.15) is 69.9 Å². The van der Waals surface area contributed by atoms with Crippen LogP contribution >= 0.6 is 0 Å². The standard InChI is InChI=1S/C31H39BN4O6.C14H12BNO3/c1-3-9-24(27(38)30(41)33-18-19(2)37)34-28(39)25(17-20-14-15-21-10-7-8-13-23(21)16-20)35-29(40)26(36-31(32)42)22-11-5-4-6-12-22;15-14(19)16-12(13(17)18)8-9-5-6-10-3-1-2-4-11(10)7-9/h7-8,10,13-16,22,24-26H,3-6,9,11-12,17-18H2,1-2H3,(H,33,41)(H,34,39)(H,35,40)(H,36,42);1-7,12H,8H2,(H,16,19)(H,17,18)/t24?,25-,26?;12-/m00/s1. The summed E-state index contributed by atoms with van der Waals surface area (Å²) in [5.74, 6) is -6.26. The van der Waals surface area contributed by atoms with Crippen LogP contribution in [-0.2, 0) is 41.6 Å². The number of carboxylic acids is 1. The second kappa shape index (κ2) is 23.5. The number of aliphatic carboxylic acids is 1. The molecule has 6 N–H and O–H groups in total. The van der Waals surface area contributed by atoms with Gasteiger partial charge < -0.3 is 31.7 Å². The lowest BCUT2D eigenvalue weighted by atomic mass is 9.83. The Bertz CT molecular complexity index is 2230. The molecular formula is C45H51B2N5O9. The molecule has 14 nitrogen and oxygen atoms in total. The fourth-order valence-corrected chi connectivity index (χ4v) is 7.34. The number of fused-ring (bicyclic) bond motifs is 2. The largest absolute Gasteiger partial charge is 0.480 e. The fourth-order valence-electron chi connectivity index (χ4n) is 7.34. The SMILES string of the molecule is [B]C(=O)NC(C(=O)N[C@@H](Cc1ccc2ccccc2c1)C(=O)NC(CCC)C(=O)C(=O)NCC(C)=O)C1CCCCC1.[B]C(=O)N[C@@H](Cc1ccc2ccccc2c1)C(=O)O. The third-order valence-corrected chi connectivity index (χ3v) is 10.4. The van der Waals surface area contributed by atoms with Crippen molar-refractivity contribution in [3.63, 3.8) is 0 Å². The van der Waals surface area contributed by atoms with Crippen molar-refractivity contribution in [3.8, 4) is 0 Å². The maximum atomic E-state index is 13.7. The van der Waals surface area contributed by atoms with Crippen molar-refractivity contribution in [2.75, 3.05) is 6.54 Å². The van der Waals surface area contributed by atoms with Crippen molar-refractivity contribution in [2.45, 2.75) is 95.8 Å². The Morgan fingerprint density at radius 3 is 1.64 bits per heavy atom. The van der Waals surface area contributed by atoms with Gasteiger partial charge in [0, 0.05) is 12.8 Å². The van der Waals surface area contributed by atoms with Crippen LogP contribution in [0, 0.1) is 5.92 Å². The normalized spacial score (nSPS) is 14.5. The molecule has 5 amide bonds. The molecule has 0 aliphatic heterocycles. The lowest BCUT2D eigenvalue weighted by molar-refractivity contribution is -0.141. The van der Waals surface area contributed by atoms with Gasteiger partial charge in [-0.2, -0.15) is 0 Å². The molecule has 316 valence electrons. The zero-order valence-corrected chi connectivity index (χ0v) is 34.4. The van der Waals surface area contributed by atoms with Crippen molar-refractivity contribution in [2.24, 2.45) is 5.92 Å². The molecule has 0 heterocycles. The molecule has 5 rings (SSSR count). The Kier molecular flexibility index (Phi) is 18.2. The molecule has 4 atom stereocenters.